The van der Waals surface area contributed by atoms with Crippen molar-refractivity contribution in [3.8, 4) is 22.7 Å². The van der Waals surface area contributed by atoms with E-state index in [1.54, 1.807) is 30.0 Å². The zero-order chi connectivity index (χ0) is 23.9. The zero-order valence-electron chi connectivity index (χ0n) is 18.3. The minimum Gasteiger partial charge on any atom is -0.497 e. The van der Waals surface area contributed by atoms with Gasteiger partial charge in [0.25, 0.3) is 5.69 Å². The van der Waals surface area contributed by atoms with Gasteiger partial charge >= 0.3 is 5.97 Å². The Morgan fingerprint density at radius 3 is 2.53 bits per heavy atom. The molecule has 0 aliphatic carbocycles. The first-order valence-electron chi connectivity index (χ1n) is 10.4. The standard InChI is InChI=1S/C26H21N3O5/c1-33-24-13-10-20(11-14-24)26-21(17-28(27-26)22-7-3-2-4-8-22)12-15-25(30)34-18-19-6-5-9-23(16-19)29(31)32/h2-17H,18H2,1H3/b15-12+. The molecule has 0 atom stereocenters. The predicted molar refractivity (Wildman–Crippen MR) is 127 cm³/mol. The van der Waals surface area contributed by atoms with Crippen molar-refractivity contribution >= 4 is 17.7 Å². The second-order valence-electron chi connectivity index (χ2n) is 7.31. The first-order chi connectivity index (χ1) is 16.5. The van der Waals surface area contributed by atoms with Gasteiger partial charge in [0.15, 0.2) is 0 Å². The van der Waals surface area contributed by atoms with Crippen LogP contribution in [0.5, 0.6) is 5.75 Å². The first-order valence-corrected chi connectivity index (χ1v) is 10.4. The van der Waals surface area contributed by atoms with E-state index < -0.39 is 10.9 Å². The van der Waals surface area contributed by atoms with Crippen LogP contribution in [0.3, 0.4) is 0 Å². The summed E-state index contributed by atoms with van der Waals surface area (Å²) >= 11 is 0. The molecule has 8 heteroatoms. The van der Waals surface area contributed by atoms with Gasteiger partial charge in [0.1, 0.15) is 12.4 Å². The van der Waals surface area contributed by atoms with Gasteiger partial charge in [-0.15, -0.1) is 0 Å². The number of methoxy groups -OCH3 is 1. The van der Waals surface area contributed by atoms with E-state index in [0.717, 1.165) is 22.6 Å². The number of rotatable bonds is 8. The number of hydrogen-bond acceptors (Lipinski definition) is 6. The molecule has 0 saturated heterocycles. The fraction of sp³-hybridized carbons (Fsp3) is 0.0769. The van der Waals surface area contributed by atoms with E-state index in [1.807, 2.05) is 60.8 Å². The topological polar surface area (TPSA) is 96.5 Å². The summed E-state index contributed by atoms with van der Waals surface area (Å²) < 4.78 is 12.2. The number of benzene rings is 3. The van der Waals surface area contributed by atoms with Crippen LogP contribution >= 0.6 is 0 Å². The number of nitro benzene ring substituents is 1. The van der Waals surface area contributed by atoms with Crippen LogP contribution in [0.2, 0.25) is 0 Å². The number of nitro groups is 1. The molecule has 0 amide bonds. The third-order valence-electron chi connectivity index (χ3n) is 5.03. The van der Waals surface area contributed by atoms with Crippen LogP contribution in [-0.4, -0.2) is 27.8 Å². The molecule has 170 valence electrons. The molecule has 0 saturated carbocycles. The fourth-order valence-corrected chi connectivity index (χ4v) is 3.32. The summed E-state index contributed by atoms with van der Waals surface area (Å²) in [7, 11) is 1.60. The van der Waals surface area contributed by atoms with Crippen LogP contribution in [-0.2, 0) is 16.1 Å². The zero-order valence-corrected chi connectivity index (χ0v) is 18.3. The molecule has 1 aromatic heterocycles. The minimum absolute atomic E-state index is 0.0541. The Kier molecular flexibility index (Phi) is 6.78. The van der Waals surface area contributed by atoms with E-state index >= 15 is 0 Å². The molecule has 1 heterocycles. The van der Waals surface area contributed by atoms with Crippen molar-refractivity contribution in [3.63, 3.8) is 0 Å². The van der Waals surface area contributed by atoms with E-state index in [4.69, 9.17) is 14.6 Å². The average molecular weight is 455 g/mol. The van der Waals surface area contributed by atoms with E-state index in [0.29, 0.717) is 11.3 Å². The van der Waals surface area contributed by atoms with Crippen LogP contribution in [0.1, 0.15) is 11.1 Å². The number of carbonyl (C=O) groups excluding carboxylic acids is 1. The smallest absolute Gasteiger partial charge is 0.331 e. The van der Waals surface area contributed by atoms with Gasteiger partial charge in [-0.3, -0.25) is 10.1 Å². The molecular formula is C26H21N3O5. The maximum atomic E-state index is 12.3. The Morgan fingerprint density at radius 1 is 1.06 bits per heavy atom. The molecule has 0 radical (unpaired) electrons. The highest BCUT2D eigenvalue weighted by atomic mass is 16.6. The van der Waals surface area contributed by atoms with Gasteiger partial charge in [-0.25, -0.2) is 9.48 Å². The monoisotopic (exact) mass is 455 g/mol. The Bertz CT molecular complexity index is 1330. The molecule has 0 unspecified atom stereocenters. The highest BCUT2D eigenvalue weighted by Gasteiger charge is 2.12. The number of ether oxygens (including phenoxy) is 2. The third-order valence-corrected chi connectivity index (χ3v) is 5.03. The average Bonchev–Trinajstić information content (AvgIpc) is 3.31. The lowest BCUT2D eigenvalue weighted by Crippen LogP contribution is -2.01. The van der Waals surface area contributed by atoms with Crippen molar-refractivity contribution in [2.24, 2.45) is 0 Å². The van der Waals surface area contributed by atoms with Crippen molar-refractivity contribution in [3.05, 3.63) is 112 Å². The highest BCUT2D eigenvalue weighted by Crippen LogP contribution is 2.27. The maximum Gasteiger partial charge on any atom is 0.331 e. The molecule has 0 spiro atoms. The quantitative estimate of drug-likeness (QED) is 0.157. The van der Waals surface area contributed by atoms with E-state index in [-0.39, 0.29) is 12.3 Å². The van der Waals surface area contributed by atoms with Crippen molar-refractivity contribution < 1.29 is 19.2 Å². The van der Waals surface area contributed by atoms with Crippen LogP contribution in [0, 0.1) is 10.1 Å². The van der Waals surface area contributed by atoms with Crippen LogP contribution in [0.4, 0.5) is 5.69 Å². The lowest BCUT2D eigenvalue weighted by atomic mass is 10.1. The van der Waals surface area contributed by atoms with E-state index in [2.05, 4.69) is 0 Å². The van der Waals surface area contributed by atoms with Gasteiger partial charge in [-0.2, -0.15) is 5.10 Å². The van der Waals surface area contributed by atoms with Crippen molar-refractivity contribution in [2.45, 2.75) is 6.61 Å². The number of hydrogen-bond donors (Lipinski definition) is 0. The van der Waals surface area contributed by atoms with Crippen LogP contribution < -0.4 is 4.74 Å². The second-order valence-corrected chi connectivity index (χ2v) is 7.31. The van der Waals surface area contributed by atoms with Gasteiger partial charge < -0.3 is 9.47 Å². The van der Waals surface area contributed by atoms with E-state index in [9.17, 15) is 14.9 Å². The minimum atomic E-state index is -0.570. The lowest BCUT2D eigenvalue weighted by molar-refractivity contribution is -0.384. The summed E-state index contributed by atoms with van der Waals surface area (Å²) in [5, 5.41) is 15.6. The molecule has 0 aliphatic heterocycles. The van der Waals surface area contributed by atoms with Crippen molar-refractivity contribution in [2.75, 3.05) is 7.11 Å². The Morgan fingerprint density at radius 2 is 1.82 bits per heavy atom. The van der Waals surface area contributed by atoms with Crippen LogP contribution in [0.25, 0.3) is 23.0 Å². The Labute approximate surface area is 195 Å². The summed E-state index contributed by atoms with van der Waals surface area (Å²) in [6.07, 6.45) is 4.79. The van der Waals surface area contributed by atoms with Gasteiger partial charge in [0.2, 0.25) is 0 Å². The number of esters is 1. The molecular weight excluding hydrogens is 434 g/mol. The maximum absolute atomic E-state index is 12.3. The van der Waals surface area contributed by atoms with Crippen molar-refractivity contribution in [1.29, 1.82) is 0 Å². The SMILES string of the molecule is COc1ccc(-c2nn(-c3ccccc3)cc2/C=C/C(=O)OCc2cccc([N+](=O)[O-])c2)cc1. The van der Waals surface area contributed by atoms with Crippen LogP contribution in [0.15, 0.2) is 91.1 Å². The van der Waals surface area contributed by atoms with Crippen molar-refractivity contribution in [1.82, 2.24) is 9.78 Å². The molecule has 4 rings (SSSR count). The normalized spacial score (nSPS) is 10.9. The van der Waals surface area contributed by atoms with Gasteiger partial charge in [0.05, 0.1) is 23.4 Å². The largest absolute Gasteiger partial charge is 0.497 e. The fourth-order valence-electron chi connectivity index (χ4n) is 3.32. The molecule has 8 nitrogen and oxygen atoms in total. The van der Waals surface area contributed by atoms with Gasteiger partial charge in [-0.05, 0) is 48.0 Å². The lowest BCUT2D eigenvalue weighted by Gasteiger charge is -2.03. The van der Waals surface area contributed by atoms with Gasteiger partial charge in [-0.1, -0.05) is 30.3 Å². The first kappa shape index (κ1) is 22.5. The summed E-state index contributed by atoms with van der Waals surface area (Å²) in [5.41, 5.74) is 3.63. The number of para-hydroxylation sites is 1. The summed E-state index contributed by atoms with van der Waals surface area (Å²) in [6, 6.07) is 23.1. The van der Waals surface area contributed by atoms with Gasteiger partial charge in [0, 0.05) is 35.5 Å². The molecule has 0 fully saturated rings. The number of carbonyl (C=O) groups is 1. The second kappa shape index (κ2) is 10.3. The Hall–Kier alpha value is -4.72. The molecule has 0 bridgehead atoms. The third kappa shape index (κ3) is 5.36. The highest BCUT2D eigenvalue weighted by molar-refractivity contribution is 5.88. The summed E-state index contributed by atoms with van der Waals surface area (Å²) in [6.45, 7) is -0.0700. The predicted octanol–water partition coefficient (Wildman–Crippen LogP) is 5.21. The molecule has 0 aliphatic rings. The molecule has 0 N–H and O–H groups in total. The molecule has 4 aromatic rings. The number of non-ortho nitro benzene ring substituents is 1. The number of aromatic nitrogens is 2. The Balaban J connectivity index is 1.55. The van der Waals surface area contributed by atoms with E-state index in [1.165, 1.54) is 18.2 Å². The molecule has 3 aromatic carbocycles. The molecule has 34 heavy (non-hydrogen) atoms. The summed E-state index contributed by atoms with van der Waals surface area (Å²) in [4.78, 5) is 22.8. The summed E-state index contributed by atoms with van der Waals surface area (Å²) in [5.74, 6) is 0.160. The number of nitrogens with zero attached hydrogens (tertiary/aromatic N) is 3.